The molecule has 0 spiro atoms. The highest BCUT2D eigenvalue weighted by Crippen LogP contribution is 2.00. The lowest BCUT2D eigenvalue weighted by atomic mass is 10.2. The van der Waals surface area contributed by atoms with E-state index in [0.29, 0.717) is 38.9 Å². The largest absolute Gasteiger partial charge is 0.379 e. The van der Waals surface area contributed by atoms with Gasteiger partial charge in [0.25, 0.3) is 0 Å². The Labute approximate surface area is 157 Å². The fourth-order valence-corrected chi connectivity index (χ4v) is 1.80. The number of hydrogen-bond donors (Lipinski definition) is 2. The predicted molar refractivity (Wildman–Crippen MR) is 106 cm³/mol. The van der Waals surface area contributed by atoms with E-state index in [2.05, 4.69) is 29.4 Å². The van der Waals surface area contributed by atoms with Gasteiger partial charge in [0.1, 0.15) is 0 Å². The van der Waals surface area contributed by atoms with Gasteiger partial charge < -0.3 is 20.5 Å². The Hall–Kier alpha value is -0.860. The summed E-state index contributed by atoms with van der Waals surface area (Å²) in [6.07, 6.45) is 3.14. The smallest absolute Gasteiger partial charge is 0.188 e. The number of benzene rings is 1. The number of nitrogens with zero attached hydrogens (tertiary/aromatic N) is 1. The fraction of sp³-hybridized carbons (Fsp3) is 0.588. The lowest BCUT2D eigenvalue weighted by Gasteiger charge is -2.06. The Kier molecular flexibility index (Phi) is 15.4. The van der Waals surface area contributed by atoms with Crippen molar-refractivity contribution in [2.24, 2.45) is 10.7 Å². The van der Waals surface area contributed by atoms with E-state index in [1.165, 1.54) is 5.56 Å². The summed E-state index contributed by atoms with van der Waals surface area (Å²) >= 11 is 0. The zero-order valence-electron chi connectivity index (χ0n) is 14.0. The Balaban J connectivity index is 0.00000484. The molecule has 0 bridgehead atoms. The topological polar surface area (TPSA) is 68.9 Å². The van der Waals surface area contributed by atoms with Crippen molar-refractivity contribution in [1.29, 1.82) is 0 Å². The molecular weight excluding hydrogens is 405 g/mol. The van der Waals surface area contributed by atoms with Crippen LogP contribution < -0.4 is 11.1 Å². The van der Waals surface area contributed by atoms with Crippen molar-refractivity contribution in [1.82, 2.24) is 5.32 Å². The normalized spacial score (nSPS) is 11.1. The number of guanidine groups is 1. The predicted octanol–water partition coefficient (Wildman–Crippen LogP) is 2.93. The number of rotatable bonds is 12. The number of ether oxygens (including phenoxy) is 2. The minimum absolute atomic E-state index is 0. The number of hydrogen-bond acceptors (Lipinski definition) is 3. The second-order valence-corrected chi connectivity index (χ2v) is 5.05. The van der Waals surface area contributed by atoms with E-state index in [-0.39, 0.29) is 24.0 Å². The monoisotopic (exact) mass is 435 g/mol. The molecule has 0 aliphatic rings. The Morgan fingerprint density at radius 1 is 1.09 bits per heavy atom. The second kappa shape index (κ2) is 16.0. The fourth-order valence-electron chi connectivity index (χ4n) is 1.80. The first-order chi connectivity index (χ1) is 10.8. The van der Waals surface area contributed by atoms with Crippen LogP contribution in [-0.2, 0) is 16.1 Å². The van der Waals surface area contributed by atoms with Crippen LogP contribution in [0, 0.1) is 0 Å². The van der Waals surface area contributed by atoms with Crippen LogP contribution in [0.4, 0.5) is 0 Å². The maximum absolute atomic E-state index is 5.73. The van der Waals surface area contributed by atoms with E-state index in [1.54, 1.807) is 0 Å². The molecule has 132 valence electrons. The molecule has 0 unspecified atom stereocenters. The molecule has 0 heterocycles. The summed E-state index contributed by atoms with van der Waals surface area (Å²) in [4.78, 5) is 4.24. The Morgan fingerprint density at radius 3 is 2.57 bits per heavy atom. The molecule has 0 fully saturated rings. The number of halogens is 1. The highest BCUT2D eigenvalue weighted by Gasteiger charge is 1.94. The zero-order chi connectivity index (χ0) is 15.9. The minimum atomic E-state index is 0. The van der Waals surface area contributed by atoms with Crippen molar-refractivity contribution < 1.29 is 9.47 Å². The summed E-state index contributed by atoms with van der Waals surface area (Å²) in [6, 6.07) is 10.1. The van der Waals surface area contributed by atoms with Crippen LogP contribution in [0.5, 0.6) is 0 Å². The van der Waals surface area contributed by atoms with E-state index < -0.39 is 0 Å². The number of aliphatic imine (C=N–C) groups is 1. The molecule has 0 saturated carbocycles. The molecule has 5 nitrogen and oxygen atoms in total. The molecule has 1 aromatic rings. The van der Waals surface area contributed by atoms with Gasteiger partial charge in [0, 0.05) is 19.7 Å². The zero-order valence-corrected chi connectivity index (χ0v) is 16.3. The van der Waals surface area contributed by atoms with Crippen molar-refractivity contribution in [2.45, 2.75) is 32.8 Å². The van der Waals surface area contributed by atoms with E-state index in [1.807, 2.05) is 18.2 Å². The summed E-state index contributed by atoms with van der Waals surface area (Å²) < 4.78 is 11.0. The lowest BCUT2D eigenvalue weighted by molar-refractivity contribution is 0.0403. The minimum Gasteiger partial charge on any atom is -0.379 e. The maximum atomic E-state index is 5.73. The first kappa shape index (κ1) is 22.1. The molecule has 1 aromatic carbocycles. The summed E-state index contributed by atoms with van der Waals surface area (Å²) in [5, 5.41) is 3.08. The van der Waals surface area contributed by atoms with Gasteiger partial charge in [-0.3, -0.25) is 4.99 Å². The van der Waals surface area contributed by atoms with E-state index >= 15 is 0 Å². The second-order valence-electron chi connectivity index (χ2n) is 5.05. The van der Waals surface area contributed by atoms with Gasteiger partial charge in [-0.1, -0.05) is 43.7 Å². The highest BCUT2D eigenvalue weighted by atomic mass is 127. The van der Waals surface area contributed by atoms with Gasteiger partial charge in [-0.15, -0.1) is 24.0 Å². The summed E-state index contributed by atoms with van der Waals surface area (Å²) in [7, 11) is 0. The standard InChI is InChI=1S/C17H29N3O2.HI/c1-2-3-10-19-17(18)20-11-7-12-21-13-14-22-15-16-8-5-4-6-9-16;/h4-6,8-9H,2-3,7,10-15H2,1H3,(H3,18,19,20);1H. The van der Waals surface area contributed by atoms with Crippen molar-refractivity contribution in [2.75, 3.05) is 32.9 Å². The van der Waals surface area contributed by atoms with Gasteiger partial charge in [-0.25, -0.2) is 0 Å². The average molecular weight is 435 g/mol. The van der Waals surface area contributed by atoms with Crippen molar-refractivity contribution in [3.05, 3.63) is 35.9 Å². The van der Waals surface area contributed by atoms with Crippen molar-refractivity contribution in [3.8, 4) is 0 Å². The van der Waals surface area contributed by atoms with E-state index in [9.17, 15) is 0 Å². The van der Waals surface area contributed by atoms with E-state index in [4.69, 9.17) is 15.2 Å². The third-order valence-corrected chi connectivity index (χ3v) is 3.05. The van der Waals surface area contributed by atoms with E-state index in [0.717, 1.165) is 25.8 Å². The molecule has 1 rings (SSSR count). The molecule has 3 N–H and O–H groups in total. The molecule has 0 aromatic heterocycles. The average Bonchev–Trinajstić information content (AvgIpc) is 2.54. The Morgan fingerprint density at radius 2 is 1.83 bits per heavy atom. The van der Waals surface area contributed by atoms with Crippen LogP contribution in [0.1, 0.15) is 31.7 Å². The Bertz CT molecular complexity index is 402. The quantitative estimate of drug-likeness (QED) is 0.229. The molecule has 0 radical (unpaired) electrons. The van der Waals surface area contributed by atoms with Crippen LogP contribution in [0.2, 0.25) is 0 Å². The first-order valence-electron chi connectivity index (χ1n) is 8.06. The summed E-state index contributed by atoms with van der Waals surface area (Å²) in [6.45, 7) is 6.27. The summed E-state index contributed by atoms with van der Waals surface area (Å²) in [5.74, 6) is 0.527. The molecule has 0 saturated heterocycles. The van der Waals surface area contributed by atoms with Gasteiger partial charge in [0.05, 0.1) is 19.8 Å². The molecular formula is C17H30IN3O2. The van der Waals surface area contributed by atoms with Gasteiger partial charge in [0.15, 0.2) is 5.96 Å². The molecule has 0 amide bonds. The third-order valence-electron chi connectivity index (χ3n) is 3.05. The number of unbranched alkanes of at least 4 members (excludes halogenated alkanes) is 1. The van der Waals surface area contributed by atoms with Crippen molar-refractivity contribution in [3.63, 3.8) is 0 Å². The van der Waals surface area contributed by atoms with Gasteiger partial charge >= 0.3 is 0 Å². The first-order valence-corrected chi connectivity index (χ1v) is 8.06. The van der Waals surface area contributed by atoms with Crippen molar-refractivity contribution >= 4 is 29.9 Å². The molecule has 0 aliphatic carbocycles. The van der Waals surface area contributed by atoms with Gasteiger partial charge in [-0.05, 0) is 18.4 Å². The SMILES string of the molecule is CCCCNC(N)=NCCCOCCOCc1ccccc1.I. The van der Waals surface area contributed by atoms with Gasteiger partial charge in [0.2, 0.25) is 0 Å². The molecule has 0 aliphatic heterocycles. The van der Waals surface area contributed by atoms with Crippen LogP contribution in [0.25, 0.3) is 0 Å². The van der Waals surface area contributed by atoms with Crippen LogP contribution in [0.15, 0.2) is 35.3 Å². The molecule has 6 heteroatoms. The third kappa shape index (κ3) is 13.3. The highest BCUT2D eigenvalue weighted by molar-refractivity contribution is 14.0. The lowest BCUT2D eigenvalue weighted by Crippen LogP contribution is -2.32. The molecule has 0 atom stereocenters. The van der Waals surface area contributed by atoms with Crippen LogP contribution >= 0.6 is 24.0 Å². The number of nitrogens with two attached hydrogens (primary N) is 1. The van der Waals surface area contributed by atoms with Crippen LogP contribution in [0.3, 0.4) is 0 Å². The van der Waals surface area contributed by atoms with Gasteiger partial charge in [-0.2, -0.15) is 0 Å². The maximum Gasteiger partial charge on any atom is 0.188 e. The van der Waals surface area contributed by atoms with Crippen LogP contribution in [-0.4, -0.2) is 38.9 Å². The summed E-state index contributed by atoms with van der Waals surface area (Å²) in [5.41, 5.74) is 6.91. The molecule has 23 heavy (non-hydrogen) atoms. The number of nitrogens with one attached hydrogen (secondary N) is 1.